The van der Waals surface area contributed by atoms with Gasteiger partial charge in [-0.05, 0) is 79.6 Å². The average molecular weight is 940 g/mol. The minimum Gasteiger partial charge on any atom is -0.459 e. The molecule has 14 nitrogen and oxygen atoms in total. The Labute approximate surface area is 379 Å². The summed E-state index contributed by atoms with van der Waals surface area (Å²) in [7, 11) is 0. The second-order valence-corrected chi connectivity index (χ2v) is 17.0. The molecular weight excluding hydrogens is 893 g/mol. The monoisotopic (exact) mass is 939 g/mol. The first kappa shape index (κ1) is 46.4. The number of thiazole rings is 1. The molecule has 3 aliphatic heterocycles. The smallest absolute Gasteiger partial charge is 0.416 e. The highest BCUT2D eigenvalue weighted by Crippen LogP contribution is 2.38. The number of carbonyl (C=O) groups excluding carboxylic acids is 2. The fraction of sp³-hybridized carbons (Fsp3) is 0.378. The van der Waals surface area contributed by atoms with Gasteiger partial charge in [0.1, 0.15) is 5.76 Å². The lowest BCUT2D eigenvalue weighted by molar-refractivity contribution is -0.138. The van der Waals surface area contributed by atoms with Crippen LogP contribution in [0.15, 0.2) is 99.7 Å². The lowest BCUT2D eigenvalue weighted by atomic mass is 9.98. The highest BCUT2D eigenvalue weighted by atomic mass is 32.1. The number of nitrogens with zero attached hydrogens (tertiary/aromatic N) is 6. The SMILES string of the molecule is O=C(Nc1cc(C(F)(F)F)ccc1N1CCN(Cc2ccn[nH]2)CC1)c1ccc(C2CCOCC2)o1.O=C(Nc1cc(C(F)(F)F)ccc1N1CCN(Cc2cncs2)CC1)c1ccco1. The van der Waals surface area contributed by atoms with Crippen LogP contribution in [0.5, 0.6) is 0 Å². The molecule has 6 aromatic rings. The van der Waals surface area contributed by atoms with Gasteiger partial charge in [-0.25, -0.2) is 0 Å². The second kappa shape index (κ2) is 20.6. The molecule has 9 rings (SSSR count). The Morgan fingerprint density at radius 2 is 1.32 bits per heavy atom. The molecule has 0 aliphatic carbocycles. The zero-order valence-corrected chi connectivity index (χ0v) is 36.4. The van der Waals surface area contributed by atoms with Crippen LogP contribution in [0.4, 0.5) is 49.1 Å². The Morgan fingerprint density at radius 3 is 1.83 bits per heavy atom. The van der Waals surface area contributed by atoms with Crippen LogP contribution in [-0.2, 0) is 30.2 Å². The average Bonchev–Trinajstić information content (AvgIpc) is 4.17. The molecule has 66 heavy (non-hydrogen) atoms. The number of furan rings is 2. The zero-order valence-electron chi connectivity index (χ0n) is 35.5. The lowest BCUT2D eigenvalue weighted by Gasteiger charge is -2.36. The molecule has 0 saturated carbocycles. The van der Waals surface area contributed by atoms with Gasteiger partial charge >= 0.3 is 12.4 Å². The molecule has 3 fully saturated rings. The predicted octanol–water partition coefficient (Wildman–Crippen LogP) is 8.82. The van der Waals surface area contributed by atoms with Gasteiger partial charge in [-0.3, -0.25) is 29.5 Å². The van der Waals surface area contributed by atoms with E-state index in [1.807, 2.05) is 22.1 Å². The number of hydrogen-bond donors (Lipinski definition) is 3. The highest BCUT2D eigenvalue weighted by Gasteiger charge is 2.34. The third-order valence-electron chi connectivity index (χ3n) is 11.6. The predicted molar refractivity (Wildman–Crippen MR) is 235 cm³/mol. The number of H-pyrrole nitrogens is 1. The van der Waals surface area contributed by atoms with E-state index < -0.39 is 35.3 Å². The summed E-state index contributed by atoms with van der Waals surface area (Å²) in [5.74, 6) is -0.197. The maximum atomic E-state index is 13.5. The summed E-state index contributed by atoms with van der Waals surface area (Å²) in [6, 6.07) is 15.2. The van der Waals surface area contributed by atoms with Crippen molar-refractivity contribution in [3.8, 4) is 0 Å². The quantitative estimate of drug-likeness (QED) is 0.107. The van der Waals surface area contributed by atoms with Crippen LogP contribution in [-0.4, -0.2) is 102 Å². The largest absolute Gasteiger partial charge is 0.459 e. The van der Waals surface area contributed by atoms with Crippen molar-refractivity contribution >= 4 is 45.9 Å². The van der Waals surface area contributed by atoms with E-state index in [-0.39, 0.29) is 28.8 Å². The number of anilines is 4. The van der Waals surface area contributed by atoms with Crippen molar-refractivity contribution in [1.29, 1.82) is 0 Å². The number of benzene rings is 2. The van der Waals surface area contributed by atoms with E-state index >= 15 is 0 Å². The number of aromatic nitrogens is 3. The van der Waals surface area contributed by atoms with Crippen molar-refractivity contribution in [1.82, 2.24) is 25.0 Å². The molecule has 0 spiro atoms. The van der Waals surface area contributed by atoms with E-state index in [4.69, 9.17) is 13.6 Å². The molecule has 3 aliphatic rings. The number of aromatic amines is 1. The normalized spacial score (nSPS) is 16.8. The number of hydrogen-bond acceptors (Lipinski definition) is 12. The van der Waals surface area contributed by atoms with Crippen LogP contribution in [0, 0.1) is 0 Å². The Morgan fingerprint density at radius 1 is 0.727 bits per heavy atom. The Balaban J connectivity index is 0.000000182. The Bertz CT molecular complexity index is 2490. The molecule has 0 unspecified atom stereocenters. The summed E-state index contributed by atoms with van der Waals surface area (Å²) in [4.78, 5) is 39.1. The van der Waals surface area contributed by atoms with Gasteiger partial charge in [-0.2, -0.15) is 31.4 Å². The standard InChI is InChI=1S/C25H28F3N5O3.C20H19F3N4O2S/c26-25(27,28)18-1-2-21(33-11-9-32(10-12-33)16-19-5-8-29-31-19)20(15-18)30-24(34)23-4-3-22(36-23)17-6-13-35-14-7-17;21-20(22,23)14-3-4-17(16(10-14)25-19(28)18-2-1-9-29-18)27-7-5-26(6-8-27)12-15-11-24-13-30-15/h1-5,8,15,17H,6-7,9-14,16H2,(H,29,31)(H,30,34);1-4,9-11,13H,5-8,12H2,(H,25,28). The van der Waals surface area contributed by atoms with E-state index in [0.29, 0.717) is 56.5 Å². The number of nitrogens with one attached hydrogen (secondary N) is 3. The van der Waals surface area contributed by atoms with Gasteiger partial charge in [0.2, 0.25) is 0 Å². The van der Waals surface area contributed by atoms with Crippen molar-refractivity contribution in [2.75, 3.05) is 86.0 Å². The number of ether oxygens (including phenoxy) is 1. The fourth-order valence-corrected chi connectivity index (χ4v) is 8.71. The molecule has 21 heteroatoms. The topological polar surface area (TPSA) is 148 Å². The van der Waals surface area contributed by atoms with Crippen LogP contribution in [0.25, 0.3) is 0 Å². The first-order chi connectivity index (χ1) is 31.8. The zero-order chi connectivity index (χ0) is 46.3. The summed E-state index contributed by atoms with van der Waals surface area (Å²) in [5.41, 5.74) is 2.50. The number of carbonyl (C=O) groups is 2. The van der Waals surface area contributed by atoms with Crippen LogP contribution in [0.1, 0.15) is 67.3 Å². The van der Waals surface area contributed by atoms with Crippen molar-refractivity contribution in [3.63, 3.8) is 0 Å². The first-order valence-electron chi connectivity index (χ1n) is 21.3. The van der Waals surface area contributed by atoms with Gasteiger partial charge in [0.25, 0.3) is 11.8 Å². The van der Waals surface area contributed by atoms with Crippen LogP contribution >= 0.6 is 11.3 Å². The molecule has 4 aromatic heterocycles. The maximum absolute atomic E-state index is 13.5. The van der Waals surface area contributed by atoms with E-state index in [0.717, 1.165) is 82.1 Å². The van der Waals surface area contributed by atoms with Gasteiger partial charge in [0.05, 0.1) is 45.7 Å². The third-order valence-corrected chi connectivity index (χ3v) is 12.4. The van der Waals surface area contributed by atoms with Crippen molar-refractivity contribution in [2.45, 2.75) is 44.2 Å². The molecule has 350 valence electrons. The summed E-state index contributed by atoms with van der Waals surface area (Å²) >= 11 is 1.60. The van der Waals surface area contributed by atoms with Gasteiger partial charge in [-0.1, -0.05) is 0 Å². The second-order valence-electron chi connectivity index (χ2n) is 16.0. The number of halogens is 6. The van der Waals surface area contributed by atoms with E-state index in [2.05, 4.69) is 35.6 Å². The summed E-state index contributed by atoms with van der Waals surface area (Å²) in [6.45, 7) is 8.22. The molecular formula is C45H47F6N9O5S. The molecule has 0 bridgehead atoms. The van der Waals surface area contributed by atoms with Gasteiger partial charge in [0.15, 0.2) is 11.5 Å². The number of alkyl halides is 6. The number of piperazine rings is 2. The molecule has 0 radical (unpaired) electrons. The van der Waals surface area contributed by atoms with Gasteiger partial charge in [0, 0.05) is 108 Å². The molecule has 7 heterocycles. The summed E-state index contributed by atoms with van der Waals surface area (Å²) < 4.78 is 96.3. The number of amides is 2. The molecule has 2 amide bonds. The van der Waals surface area contributed by atoms with Crippen LogP contribution in [0.3, 0.4) is 0 Å². The first-order valence-corrected chi connectivity index (χ1v) is 22.2. The van der Waals surface area contributed by atoms with Gasteiger partial charge < -0.3 is 34.0 Å². The molecule has 3 N–H and O–H groups in total. The fourth-order valence-electron chi connectivity index (χ4n) is 8.08. The van der Waals surface area contributed by atoms with Crippen LogP contribution < -0.4 is 20.4 Å². The Hall–Kier alpha value is -6.16. The third kappa shape index (κ3) is 11.8. The maximum Gasteiger partial charge on any atom is 0.416 e. The van der Waals surface area contributed by atoms with Crippen LogP contribution in [0.2, 0.25) is 0 Å². The lowest BCUT2D eigenvalue weighted by Crippen LogP contribution is -2.46. The summed E-state index contributed by atoms with van der Waals surface area (Å²) in [5, 5.41) is 12.2. The minimum atomic E-state index is -4.53. The summed E-state index contributed by atoms with van der Waals surface area (Å²) in [6.07, 6.45) is -2.54. The minimum absolute atomic E-state index is 0.0349. The van der Waals surface area contributed by atoms with E-state index in [1.54, 1.807) is 41.2 Å². The van der Waals surface area contributed by atoms with Crippen molar-refractivity contribution in [3.05, 3.63) is 130 Å². The van der Waals surface area contributed by atoms with Crippen molar-refractivity contribution < 1.29 is 49.5 Å². The molecule has 0 atom stereocenters. The highest BCUT2D eigenvalue weighted by molar-refractivity contribution is 7.09. The molecule has 3 saturated heterocycles. The van der Waals surface area contributed by atoms with Gasteiger partial charge in [-0.15, -0.1) is 11.3 Å². The van der Waals surface area contributed by atoms with E-state index in [9.17, 15) is 35.9 Å². The number of rotatable bonds is 11. The van der Waals surface area contributed by atoms with E-state index in [1.165, 1.54) is 29.3 Å². The Kier molecular flexibility index (Phi) is 14.4. The molecule has 2 aromatic carbocycles. The van der Waals surface area contributed by atoms with Crippen molar-refractivity contribution in [2.24, 2.45) is 0 Å².